The summed E-state index contributed by atoms with van der Waals surface area (Å²) in [6.45, 7) is 7.70. The third kappa shape index (κ3) is 6.38. The number of ether oxygens (including phenoxy) is 1. The van der Waals surface area contributed by atoms with Gasteiger partial charge in [-0.2, -0.15) is 0 Å². The van der Waals surface area contributed by atoms with Gasteiger partial charge in [0.15, 0.2) is 0 Å². The van der Waals surface area contributed by atoms with Gasteiger partial charge in [0, 0.05) is 12.6 Å². The highest BCUT2D eigenvalue weighted by molar-refractivity contribution is 5.92. The standard InChI is InChI=1S/C30H33N3O2/c1-22(2)25-15-17-26(18-16-25)35-21-9-20-33-28-13-8-7-12-27(28)32-30(33)23(3)31-29(34)19-14-24-10-5-4-6-11-24/h4-8,10-19,22-23H,9,20-21H2,1-3H3,(H,31,34)/b19-14-. The van der Waals surface area contributed by atoms with Gasteiger partial charge in [0.2, 0.25) is 5.91 Å². The van der Waals surface area contributed by atoms with Crippen LogP contribution in [0.2, 0.25) is 0 Å². The number of nitrogens with one attached hydrogen (secondary N) is 1. The molecule has 0 aliphatic heterocycles. The zero-order chi connectivity index (χ0) is 24.6. The summed E-state index contributed by atoms with van der Waals surface area (Å²) in [5.74, 6) is 2.09. The molecule has 0 radical (unpaired) electrons. The smallest absolute Gasteiger partial charge is 0.244 e. The first kappa shape index (κ1) is 24.3. The number of aryl methyl sites for hydroxylation is 1. The van der Waals surface area contributed by atoms with Gasteiger partial charge in [-0.05, 0) is 60.7 Å². The lowest BCUT2D eigenvalue weighted by atomic mass is 10.0. The fourth-order valence-electron chi connectivity index (χ4n) is 4.08. The van der Waals surface area contributed by atoms with Crippen molar-refractivity contribution in [1.82, 2.24) is 14.9 Å². The third-order valence-corrected chi connectivity index (χ3v) is 6.00. The Morgan fingerprint density at radius 1 is 0.971 bits per heavy atom. The SMILES string of the molecule is CC(C)c1ccc(OCCCn2c(C(C)NC(=O)/C=C\c3ccccc3)nc3ccccc32)cc1. The van der Waals surface area contributed by atoms with Crippen LogP contribution in [-0.4, -0.2) is 22.1 Å². The fourth-order valence-corrected chi connectivity index (χ4v) is 4.08. The lowest BCUT2D eigenvalue weighted by Crippen LogP contribution is -2.27. The van der Waals surface area contributed by atoms with Crippen molar-refractivity contribution in [3.05, 3.63) is 102 Å². The van der Waals surface area contributed by atoms with Crippen molar-refractivity contribution in [2.24, 2.45) is 0 Å². The molecule has 180 valence electrons. The van der Waals surface area contributed by atoms with Crippen molar-refractivity contribution < 1.29 is 9.53 Å². The maximum Gasteiger partial charge on any atom is 0.244 e. The number of benzene rings is 3. The minimum atomic E-state index is -0.236. The number of hydrogen-bond donors (Lipinski definition) is 1. The molecule has 0 aliphatic carbocycles. The molecule has 4 rings (SSSR count). The maximum atomic E-state index is 12.6. The Hall–Kier alpha value is -3.86. The maximum absolute atomic E-state index is 12.6. The molecule has 4 aromatic rings. The van der Waals surface area contributed by atoms with Crippen LogP contribution in [0.3, 0.4) is 0 Å². The molecule has 1 unspecified atom stereocenters. The number of aromatic nitrogens is 2. The quantitative estimate of drug-likeness (QED) is 0.213. The molecule has 1 heterocycles. The van der Waals surface area contributed by atoms with E-state index >= 15 is 0 Å². The van der Waals surface area contributed by atoms with Crippen molar-refractivity contribution in [3.63, 3.8) is 0 Å². The van der Waals surface area contributed by atoms with E-state index < -0.39 is 0 Å². The van der Waals surface area contributed by atoms with Crippen LogP contribution < -0.4 is 10.1 Å². The van der Waals surface area contributed by atoms with Crippen LogP contribution in [0.5, 0.6) is 5.75 Å². The van der Waals surface area contributed by atoms with Gasteiger partial charge in [-0.15, -0.1) is 0 Å². The molecule has 0 saturated heterocycles. The van der Waals surface area contributed by atoms with E-state index in [9.17, 15) is 4.79 Å². The predicted octanol–water partition coefficient (Wildman–Crippen LogP) is 6.52. The van der Waals surface area contributed by atoms with E-state index in [2.05, 4.69) is 41.9 Å². The molecule has 3 aromatic carbocycles. The molecule has 1 N–H and O–H groups in total. The van der Waals surface area contributed by atoms with Gasteiger partial charge in [-0.1, -0.05) is 68.4 Å². The summed E-state index contributed by atoms with van der Waals surface area (Å²) >= 11 is 0. The number of carbonyl (C=O) groups excluding carboxylic acids is 1. The minimum absolute atomic E-state index is 0.145. The highest BCUT2D eigenvalue weighted by atomic mass is 16.5. The molecule has 0 aliphatic rings. The summed E-state index contributed by atoms with van der Waals surface area (Å²) < 4.78 is 8.16. The molecule has 5 nitrogen and oxygen atoms in total. The Morgan fingerprint density at radius 3 is 2.43 bits per heavy atom. The van der Waals surface area contributed by atoms with Crippen LogP contribution in [0.25, 0.3) is 17.1 Å². The first-order valence-corrected chi connectivity index (χ1v) is 12.2. The van der Waals surface area contributed by atoms with E-state index in [0.29, 0.717) is 12.5 Å². The van der Waals surface area contributed by atoms with Crippen molar-refractivity contribution in [3.8, 4) is 5.75 Å². The summed E-state index contributed by atoms with van der Waals surface area (Å²) in [7, 11) is 0. The molecule has 1 amide bonds. The van der Waals surface area contributed by atoms with Crippen molar-refractivity contribution >= 4 is 23.0 Å². The number of para-hydroxylation sites is 2. The number of imidazole rings is 1. The number of rotatable bonds is 10. The second-order valence-electron chi connectivity index (χ2n) is 9.01. The molecule has 0 saturated carbocycles. The highest BCUT2D eigenvalue weighted by Crippen LogP contribution is 2.22. The zero-order valence-corrected chi connectivity index (χ0v) is 20.6. The minimum Gasteiger partial charge on any atom is -0.494 e. The van der Waals surface area contributed by atoms with E-state index in [-0.39, 0.29) is 11.9 Å². The second kappa shape index (κ2) is 11.5. The Balaban J connectivity index is 1.40. The molecule has 1 atom stereocenters. The van der Waals surface area contributed by atoms with Crippen LogP contribution in [0.1, 0.15) is 56.1 Å². The zero-order valence-electron chi connectivity index (χ0n) is 20.6. The lowest BCUT2D eigenvalue weighted by Gasteiger charge is -2.16. The largest absolute Gasteiger partial charge is 0.494 e. The topological polar surface area (TPSA) is 56.1 Å². The average molecular weight is 468 g/mol. The van der Waals surface area contributed by atoms with Crippen LogP contribution >= 0.6 is 0 Å². The summed E-state index contributed by atoms with van der Waals surface area (Å²) in [4.78, 5) is 17.4. The van der Waals surface area contributed by atoms with Crippen molar-refractivity contribution in [2.45, 2.75) is 45.7 Å². The predicted molar refractivity (Wildman–Crippen MR) is 142 cm³/mol. The van der Waals surface area contributed by atoms with Gasteiger partial charge in [0.1, 0.15) is 11.6 Å². The van der Waals surface area contributed by atoms with Crippen LogP contribution in [0.15, 0.2) is 84.9 Å². The summed E-state index contributed by atoms with van der Waals surface area (Å²) in [5.41, 5.74) is 4.28. The van der Waals surface area contributed by atoms with Crippen LogP contribution in [0.4, 0.5) is 0 Å². The van der Waals surface area contributed by atoms with Gasteiger partial charge in [0.25, 0.3) is 0 Å². The number of nitrogens with zero attached hydrogens (tertiary/aromatic N) is 2. The number of amides is 1. The van der Waals surface area contributed by atoms with Crippen LogP contribution in [0, 0.1) is 0 Å². The van der Waals surface area contributed by atoms with E-state index in [1.165, 1.54) is 5.56 Å². The normalized spacial score (nSPS) is 12.3. The van der Waals surface area contributed by atoms with E-state index in [4.69, 9.17) is 9.72 Å². The van der Waals surface area contributed by atoms with Crippen LogP contribution in [-0.2, 0) is 11.3 Å². The Kier molecular flexibility index (Phi) is 7.99. The average Bonchev–Trinajstić information content (AvgIpc) is 3.25. The number of hydrogen-bond acceptors (Lipinski definition) is 3. The Bertz CT molecular complexity index is 1270. The summed E-state index contributed by atoms with van der Waals surface area (Å²) in [5, 5.41) is 3.06. The molecule has 1 aromatic heterocycles. The highest BCUT2D eigenvalue weighted by Gasteiger charge is 2.17. The van der Waals surface area contributed by atoms with Gasteiger partial charge in [0.05, 0.1) is 23.7 Å². The Morgan fingerprint density at radius 2 is 1.69 bits per heavy atom. The van der Waals surface area contributed by atoms with Gasteiger partial charge in [-0.25, -0.2) is 4.98 Å². The van der Waals surface area contributed by atoms with Gasteiger partial charge in [-0.3, -0.25) is 4.79 Å². The molecular formula is C30H33N3O2. The molecular weight excluding hydrogens is 434 g/mol. The summed E-state index contributed by atoms with van der Waals surface area (Å²) in [6.07, 6.45) is 4.21. The number of carbonyl (C=O) groups is 1. The van der Waals surface area contributed by atoms with Gasteiger partial charge < -0.3 is 14.6 Å². The monoisotopic (exact) mass is 467 g/mol. The van der Waals surface area contributed by atoms with E-state index in [1.54, 1.807) is 6.08 Å². The first-order chi connectivity index (χ1) is 17.0. The van der Waals surface area contributed by atoms with E-state index in [1.807, 2.05) is 73.7 Å². The number of fused-ring (bicyclic) bond motifs is 1. The molecule has 0 spiro atoms. The Labute approximate surface area is 207 Å². The van der Waals surface area contributed by atoms with Crippen molar-refractivity contribution in [1.29, 1.82) is 0 Å². The third-order valence-electron chi connectivity index (χ3n) is 6.00. The van der Waals surface area contributed by atoms with E-state index in [0.717, 1.165) is 41.1 Å². The molecule has 35 heavy (non-hydrogen) atoms. The second-order valence-corrected chi connectivity index (χ2v) is 9.01. The fraction of sp³-hybridized carbons (Fsp3) is 0.267. The van der Waals surface area contributed by atoms with Gasteiger partial charge >= 0.3 is 0 Å². The lowest BCUT2D eigenvalue weighted by molar-refractivity contribution is -0.117. The molecule has 5 heteroatoms. The van der Waals surface area contributed by atoms with Crippen molar-refractivity contribution in [2.75, 3.05) is 6.61 Å². The molecule has 0 bridgehead atoms. The first-order valence-electron chi connectivity index (χ1n) is 12.2. The molecule has 0 fully saturated rings. The summed E-state index contributed by atoms with van der Waals surface area (Å²) in [6, 6.07) is 25.9.